The summed E-state index contributed by atoms with van der Waals surface area (Å²) in [5.74, 6) is 1.59. The molecule has 0 fully saturated rings. The number of thiophene rings is 1. The van der Waals surface area contributed by atoms with Crippen LogP contribution in [0.5, 0.6) is 5.75 Å². The molecule has 1 aliphatic carbocycles. The number of rotatable bonds is 7. The molecule has 2 heterocycles. The molecule has 0 spiro atoms. The Balaban J connectivity index is 1.58. The van der Waals surface area contributed by atoms with E-state index >= 15 is 0 Å². The summed E-state index contributed by atoms with van der Waals surface area (Å²) >= 11 is 2.95. The first-order chi connectivity index (χ1) is 16.9. The van der Waals surface area contributed by atoms with Gasteiger partial charge in [0, 0.05) is 10.4 Å². The molecule has 0 amide bonds. The summed E-state index contributed by atoms with van der Waals surface area (Å²) < 4.78 is 7.25. The Hall–Kier alpha value is -2.90. The molecule has 1 aliphatic rings. The minimum atomic E-state index is -0.0588. The van der Waals surface area contributed by atoms with Gasteiger partial charge in [-0.3, -0.25) is 14.2 Å². The van der Waals surface area contributed by atoms with E-state index in [1.807, 2.05) is 62.4 Å². The number of fused-ring (bicyclic) bond motifs is 3. The third-order valence-electron chi connectivity index (χ3n) is 6.41. The second-order valence-electron chi connectivity index (χ2n) is 9.07. The fourth-order valence-electron chi connectivity index (χ4n) is 4.51. The summed E-state index contributed by atoms with van der Waals surface area (Å²) in [4.78, 5) is 33.8. The summed E-state index contributed by atoms with van der Waals surface area (Å²) in [6.07, 6.45) is 2.99. The fourth-order valence-corrected chi connectivity index (χ4v) is 6.84. The van der Waals surface area contributed by atoms with Crippen LogP contribution in [0.4, 0.5) is 0 Å². The number of aromatic nitrogens is 2. The third kappa shape index (κ3) is 4.80. The van der Waals surface area contributed by atoms with Gasteiger partial charge >= 0.3 is 0 Å². The maximum atomic E-state index is 13.9. The number of nitrogens with zero attached hydrogens (tertiary/aromatic N) is 2. The minimum Gasteiger partial charge on any atom is -0.494 e. The Morgan fingerprint density at radius 2 is 1.91 bits per heavy atom. The topological polar surface area (TPSA) is 61.2 Å². The summed E-state index contributed by atoms with van der Waals surface area (Å²) in [7, 11) is 0. The number of ketones is 1. The number of thioether (sulfide) groups is 1. The van der Waals surface area contributed by atoms with E-state index in [2.05, 4.69) is 6.92 Å². The van der Waals surface area contributed by atoms with Crippen molar-refractivity contribution in [2.75, 3.05) is 12.4 Å². The average Bonchev–Trinajstić information content (AvgIpc) is 3.21. The lowest BCUT2D eigenvalue weighted by atomic mass is 9.89. The van der Waals surface area contributed by atoms with Crippen LogP contribution in [0.2, 0.25) is 0 Å². The van der Waals surface area contributed by atoms with Crippen molar-refractivity contribution in [3.63, 3.8) is 0 Å². The van der Waals surface area contributed by atoms with Crippen molar-refractivity contribution >= 4 is 39.1 Å². The quantitative estimate of drug-likeness (QED) is 0.169. The van der Waals surface area contributed by atoms with E-state index in [4.69, 9.17) is 9.72 Å². The maximum absolute atomic E-state index is 13.9. The smallest absolute Gasteiger partial charge is 0.267 e. The molecular weight excluding hydrogens is 476 g/mol. The first-order valence-electron chi connectivity index (χ1n) is 12.0. The molecule has 2 aromatic heterocycles. The van der Waals surface area contributed by atoms with Crippen LogP contribution >= 0.6 is 23.1 Å². The van der Waals surface area contributed by atoms with Gasteiger partial charge in [-0.25, -0.2) is 4.98 Å². The number of carbonyl (C=O) groups is 1. The van der Waals surface area contributed by atoms with Crippen molar-refractivity contribution in [2.24, 2.45) is 5.92 Å². The van der Waals surface area contributed by atoms with Gasteiger partial charge in [0.15, 0.2) is 10.9 Å². The number of benzene rings is 2. The minimum absolute atomic E-state index is 0.0156. The Morgan fingerprint density at radius 3 is 2.63 bits per heavy atom. The van der Waals surface area contributed by atoms with E-state index in [0.29, 0.717) is 23.2 Å². The van der Waals surface area contributed by atoms with Crippen molar-refractivity contribution < 1.29 is 9.53 Å². The molecule has 0 radical (unpaired) electrons. The third-order valence-corrected chi connectivity index (χ3v) is 8.50. The number of hydrogen-bond acceptors (Lipinski definition) is 6. The van der Waals surface area contributed by atoms with Gasteiger partial charge in [0.2, 0.25) is 0 Å². The van der Waals surface area contributed by atoms with Gasteiger partial charge in [-0.2, -0.15) is 0 Å². The zero-order chi connectivity index (χ0) is 24.5. The summed E-state index contributed by atoms with van der Waals surface area (Å²) in [5.41, 5.74) is 3.60. The predicted molar refractivity (Wildman–Crippen MR) is 144 cm³/mol. The standard InChI is InChI=1S/C28H28N2O3S2/c1-4-33-21-12-10-20(11-13-21)30-27(32)25-22-14-7-18(3)15-24(22)35-26(25)29-28(30)34-16-23(31)19-8-5-17(2)6-9-19/h5-6,8-13,18H,4,7,14-16H2,1-3H3. The van der Waals surface area contributed by atoms with E-state index in [9.17, 15) is 9.59 Å². The molecule has 1 atom stereocenters. The highest BCUT2D eigenvalue weighted by Crippen LogP contribution is 2.37. The van der Waals surface area contributed by atoms with Gasteiger partial charge in [0.05, 0.1) is 23.4 Å². The molecule has 180 valence electrons. The highest BCUT2D eigenvalue weighted by molar-refractivity contribution is 7.99. The number of hydrogen-bond donors (Lipinski definition) is 0. The van der Waals surface area contributed by atoms with Crippen molar-refractivity contribution in [2.45, 2.75) is 45.2 Å². The van der Waals surface area contributed by atoms with Crippen LogP contribution in [-0.2, 0) is 12.8 Å². The van der Waals surface area contributed by atoms with Crippen molar-refractivity contribution in [1.29, 1.82) is 0 Å². The largest absolute Gasteiger partial charge is 0.494 e. The average molecular weight is 505 g/mol. The number of carbonyl (C=O) groups excluding carboxylic acids is 1. The Morgan fingerprint density at radius 1 is 1.17 bits per heavy atom. The zero-order valence-corrected chi connectivity index (χ0v) is 21.8. The second-order valence-corrected chi connectivity index (χ2v) is 11.1. The molecule has 4 aromatic rings. The lowest BCUT2D eigenvalue weighted by Crippen LogP contribution is -2.23. The summed E-state index contributed by atoms with van der Waals surface area (Å²) in [6, 6.07) is 15.1. The number of ether oxygens (including phenoxy) is 1. The van der Waals surface area contributed by atoms with E-state index in [1.54, 1.807) is 15.9 Å². The Kier molecular flexibility index (Phi) is 6.80. The molecule has 7 heteroatoms. The molecule has 0 saturated heterocycles. The Bertz CT molecular complexity index is 1440. The van der Waals surface area contributed by atoms with Crippen LogP contribution in [-0.4, -0.2) is 27.7 Å². The van der Waals surface area contributed by atoms with Gasteiger partial charge < -0.3 is 4.74 Å². The highest BCUT2D eigenvalue weighted by atomic mass is 32.2. The van der Waals surface area contributed by atoms with Gasteiger partial charge in [-0.05, 0) is 68.9 Å². The predicted octanol–water partition coefficient (Wildman–Crippen LogP) is 6.25. The fraction of sp³-hybridized carbons (Fsp3) is 0.321. The van der Waals surface area contributed by atoms with Crippen molar-refractivity contribution in [3.05, 3.63) is 80.5 Å². The van der Waals surface area contributed by atoms with Gasteiger partial charge in [-0.1, -0.05) is 48.5 Å². The molecule has 0 saturated carbocycles. The first-order valence-corrected chi connectivity index (χ1v) is 13.8. The monoisotopic (exact) mass is 504 g/mol. The first kappa shape index (κ1) is 23.8. The van der Waals surface area contributed by atoms with E-state index in [-0.39, 0.29) is 17.1 Å². The van der Waals surface area contributed by atoms with Gasteiger partial charge in [0.25, 0.3) is 5.56 Å². The summed E-state index contributed by atoms with van der Waals surface area (Å²) in [6.45, 7) is 6.78. The molecular formula is C28H28N2O3S2. The molecule has 0 bridgehead atoms. The molecule has 0 aliphatic heterocycles. The van der Waals surface area contributed by atoms with E-state index in [0.717, 1.165) is 52.0 Å². The lowest BCUT2D eigenvalue weighted by Gasteiger charge is -2.18. The van der Waals surface area contributed by atoms with Crippen LogP contribution < -0.4 is 10.3 Å². The molecule has 5 rings (SSSR count). The summed E-state index contributed by atoms with van der Waals surface area (Å²) in [5, 5.41) is 1.28. The van der Waals surface area contributed by atoms with Crippen LogP contribution in [0.15, 0.2) is 58.5 Å². The van der Waals surface area contributed by atoms with Gasteiger partial charge in [-0.15, -0.1) is 11.3 Å². The highest BCUT2D eigenvalue weighted by Gasteiger charge is 2.25. The van der Waals surface area contributed by atoms with Crippen molar-refractivity contribution in [3.8, 4) is 11.4 Å². The second kappa shape index (κ2) is 9.99. The molecule has 0 N–H and O–H groups in total. The van der Waals surface area contributed by atoms with Gasteiger partial charge in [0.1, 0.15) is 10.6 Å². The number of aryl methyl sites for hydroxylation is 2. The van der Waals surface area contributed by atoms with Crippen LogP contribution in [0.25, 0.3) is 15.9 Å². The number of Topliss-reactive ketones (excluding diaryl/α,β-unsaturated/α-hetero) is 1. The lowest BCUT2D eigenvalue weighted by molar-refractivity contribution is 0.102. The molecule has 1 unspecified atom stereocenters. The van der Waals surface area contributed by atoms with E-state index in [1.165, 1.54) is 16.6 Å². The van der Waals surface area contributed by atoms with Crippen molar-refractivity contribution in [1.82, 2.24) is 9.55 Å². The van der Waals surface area contributed by atoms with Crippen LogP contribution in [0.3, 0.4) is 0 Å². The maximum Gasteiger partial charge on any atom is 0.267 e. The van der Waals surface area contributed by atoms with E-state index < -0.39 is 0 Å². The molecule has 2 aromatic carbocycles. The van der Waals surface area contributed by atoms with Crippen LogP contribution in [0.1, 0.15) is 46.6 Å². The van der Waals surface area contributed by atoms with Crippen LogP contribution in [0, 0.1) is 12.8 Å². The molecule has 5 nitrogen and oxygen atoms in total. The molecule has 35 heavy (non-hydrogen) atoms. The SMILES string of the molecule is CCOc1ccc(-n2c(SCC(=O)c3ccc(C)cc3)nc3sc4c(c3c2=O)CCC(C)C4)cc1. The Labute approximate surface area is 213 Å². The normalized spacial score (nSPS) is 15.2. The zero-order valence-electron chi connectivity index (χ0n) is 20.2.